The monoisotopic (exact) mass is 351 g/mol. The molecule has 2 rings (SSSR count). The van der Waals surface area contributed by atoms with Gasteiger partial charge in [0.05, 0.1) is 29.9 Å². The topological polar surface area (TPSA) is 56.3 Å². The number of nitrogens with one attached hydrogen (secondary N) is 1. The van der Waals surface area contributed by atoms with Crippen LogP contribution in [-0.4, -0.2) is 30.7 Å². The van der Waals surface area contributed by atoms with E-state index in [0.29, 0.717) is 17.3 Å². The maximum atomic E-state index is 5.45. The van der Waals surface area contributed by atoms with Crippen LogP contribution in [0.5, 0.6) is 11.5 Å². The van der Waals surface area contributed by atoms with Crippen LogP contribution in [-0.2, 0) is 0 Å². The fraction of sp³-hybridized carbons (Fsp3) is 0.333. The van der Waals surface area contributed by atoms with Crippen LogP contribution in [0.1, 0.15) is 12.6 Å². The van der Waals surface area contributed by atoms with Crippen molar-refractivity contribution in [2.24, 2.45) is 0 Å². The first kappa shape index (κ1) is 15.6. The van der Waals surface area contributed by atoms with E-state index < -0.39 is 0 Å². The molecule has 0 spiro atoms. The van der Waals surface area contributed by atoms with Gasteiger partial charge in [0.25, 0.3) is 0 Å². The molecule has 6 heteroatoms. The van der Waals surface area contributed by atoms with Crippen molar-refractivity contribution < 1.29 is 9.47 Å². The third-order valence-corrected chi connectivity index (χ3v) is 3.95. The van der Waals surface area contributed by atoms with Gasteiger partial charge in [0.15, 0.2) is 17.3 Å². The molecule has 0 saturated heterocycles. The predicted molar refractivity (Wildman–Crippen MR) is 87.2 cm³/mol. The molecular weight excluding hydrogens is 334 g/mol. The number of hydrogen-bond acceptors (Lipinski definition) is 5. The molecule has 0 fully saturated rings. The van der Waals surface area contributed by atoms with E-state index in [2.05, 4.69) is 31.2 Å². The summed E-state index contributed by atoms with van der Waals surface area (Å²) >= 11 is 3.51. The first-order chi connectivity index (χ1) is 10.1. The third-order valence-electron chi connectivity index (χ3n) is 3.00. The Bertz CT molecular complexity index is 647. The van der Waals surface area contributed by atoms with Gasteiger partial charge in [-0.3, -0.25) is 0 Å². The summed E-state index contributed by atoms with van der Waals surface area (Å²) in [5.41, 5.74) is 1.66. The molecule has 0 bridgehead atoms. The second-order valence-corrected chi connectivity index (χ2v) is 5.16. The summed E-state index contributed by atoms with van der Waals surface area (Å²) in [7, 11) is 3.22. The molecule has 0 amide bonds. The minimum Gasteiger partial charge on any atom is -0.493 e. The summed E-state index contributed by atoms with van der Waals surface area (Å²) in [5, 5.41) is 3.22. The average molecular weight is 352 g/mol. The Balaban J connectivity index is 2.62. The molecule has 112 valence electrons. The molecule has 21 heavy (non-hydrogen) atoms. The number of nitrogens with zero attached hydrogens (tertiary/aromatic N) is 2. The van der Waals surface area contributed by atoms with E-state index in [1.165, 1.54) is 0 Å². The third kappa shape index (κ3) is 3.10. The van der Waals surface area contributed by atoms with Crippen molar-refractivity contribution in [1.82, 2.24) is 9.97 Å². The molecule has 1 aromatic carbocycles. The second-order valence-electron chi connectivity index (χ2n) is 4.37. The standard InChI is InChI=1S/C15H18BrN3O2/c1-5-17-15-12(16)9(2)18-14(19-15)10-7-6-8-11(20-3)13(10)21-4/h6-8H,5H2,1-4H3,(H,17,18,19). The smallest absolute Gasteiger partial charge is 0.171 e. The van der Waals surface area contributed by atoms with E-state index in [0.717, 1.165) is 28.1 Å². The van der Waals surface area contributed by atoms with Crippen LogP contribution in [0.2, 0.25) is 0 Å². The summed E-state index contributed by atoms with van der Waals surface area (Å²) < 4.78 is 11.6. The van der Waals surface area contributed by atoms with Gasteiger partial charge in [-0.05, 0) is 41.9 Å². The molecule has 0 saturated carbocycles. The van der Waals surface area contributed by atoms with Crippen LogP contribution in [0, 0.1) is 6.92 Å². The van der Waals surface area contributed by atoms with E-state index >= 15 is 0 Å². The Morgan fingerprint density at radius 2 is 1.95 bits per heavy atom. The molecule has 1 heterocycles. The molecule has 0 aliphatic carbocycles. The number of rotatable bonds is 5. The Morgan fingerprint density at radius 3 is 2.57 bits per heavy atom. The van der Waals surface area contributed by atoms with E-state index in [9.17, 15) is 0 Å². The van der Waals surface area contributed by atoms with Crippen LogP contribution < -0.4 is 14.8 Å². The zero-order valence-electron chi connectivity index (χ0n) is 12.5. The highest BCUT2D eigenvalue weighted by Gasteiger charge is 2.16. The molecule has 2 aromatic rings. The van der Waals surface area contributed by atoms with Crippen molar-refractivity contribution >= 4 is 21.7 Å². The number of methoxy groups -OCH3 is 2. The molecule has 0 atom stereocenters. The van der Waals surface area contributed by atoms with Crippen molar-refractivity contribution in [3.05, 3.63) is 28.4 Å². The molecule has 0 radical (unpaired) electrons. The van der Waals surface area contributed by atoms with Gasteiger partial charge < -0.3 is 14.8 Å². The Labute approximate surface area is 132 Å². The number of aryl methyl sites for hydroxylation is 1. The lowest BCUT2D eigenvalue weighted by Gasteiger charge is -2.14. The van der Waals surface area contributed by atoms with Crippen LogP contribution in [0.25, 0.3) is 11.4 Å². The van der Waals surface area contributed by atoms with Crippen molar-refractivity contribution in [3.8, 4) is 22.9 Å². The van der Waals surface area contributed by atoms with E-state index in [1.807, 2.05) is 32.0 Å². The van der Waals surface area contributed by atoms with Gasteiger partial charge in [-0.1, -0.05) is 6.07 Å². The Morgan fingerprint density at radius 1 is 1.19 bits per heavy atom. The summed E-state index contributed by atoms with van der Waals surface area (Å²) in [6.45, 7) is 4.74. The highest BCUT2D eigenvalue weighted by Crippen LogP contribution is 2.37. The second kappa shape index (κ2) is 6.76. The van der Waals surface area contributed by atoms with Crippen molar-refractivity contribution in [3.63, 3.8) is 0 Å². The van der Waals surface area contributed by atoms with Gasteiger partial charge in [0, 0.05) is 6.54 Å². The van der Waals surface area contributed by atoms with E-state index in [-0.39, 0.29) is 0 Å². The minimum absolute atomic E-state index is 0.599. The molecule has 1 aromatic heterocycles. The lowest BCUT2D eigenvalue weighted by molar-refractivity contribution is 0.356. The maximum Gasteiger partial charge on any atom is 0.171 e. The normalized spacial score (nSPS) is 10.3. The Hall–Kier alpha value is -1.82. The molecule has 0 aliphatic heterocycles. The van der Waals surface area contributed by atoms with Crippen LogP contribution in [0.15, 0.2) is 22.7 Å². The molecule has 0 aliphatic rings. The molecular formula is C15H18BrN3O2. The summed E-state index contributed by atoms with van der Waals surface area (Å²) in [4.78, 5) is 9.11. The Kier molecular flexibility index (Phi) is 5.01. The zero-order valence-corrected chi connectivity index (χ0v) is 14.1. The van der Waals surface area contributed by atoms with Crippen molar-refractivity contribution in [2.75, 3.05) is 26.1 Å². The highest BCUT2D eigenvalue weighted by atomic mass is 79.9. The van der Waals surface area contributed by atoms with Gasteiger partial charge in [-0.2, -0.15) is 0 Å². The van der Waals surface area contributed by atoms with Gasteiger partial charge in [-0.15, -0.1) is 0 Å². The first-order valence-corrected chi connectivity index (χ1v) is 7.41. The highest BCUT2D eigenvalue weighted by molar-refractivity contribution is 9.10. The van der Waals surface area contributed by atoms with Crippen LogP contribution in [0.4, 0.5) is 5.82 Å². The number of ether oxygens (including phenoxy) is 2. The average Bonchev–Trinajstić information content (AvgIpc) is 2.50. The quantitative estimate of drug-likeness (QED) is 0.890. The minimum atomic E-state index is 0.599. The van der Waals surface area contributed by atoms with Crippen molar-refractivity contribution in [1.29, 1.82) is 0 Å². The largest absolute Gasteiger partial charge is 0.493 e. The van der Waals surface area contributed by atoms with Crippen LogP contribution >= 0.6 is 15.9 Å². The lowest BCUT2D eigenvalue weighted by atomic mass is 10.1. The predicted octanol–water partition coefficient (Wildman–Crippen LogP) is 3.66. The molecule has 1 N–H and O–H groups in total. The number of aromatic nitrogens is 2. The van der Waals surface area contributed by atoms with E-state index in [4.69, 9.17) is 9.47 Å². The molecule has 0 unspecified atom stereocenters. The fourth-order valence-electron chi connectivity index (χ4n) is 2.03. The summed E-state index contributed by atoms with van der Waals surface area (Å²) in [6.07, 6.45) is 0. The van der Waals surface area contributed by atoms with Gasteiger partial charge >= 0.3 is 0 Å². The van der Waals surface area contributed by atoms with Gasteiger partial charge in [0.2, 0.25) is 0 Å². The fourth-order valence-corrected chi connectivity index (χ4v) is 2.35. The van der Waals surface area contributed by atoms with Crippen molar-refractivity contribution in [2.45, 2.75) is 13.8 Å². The SMILES string of the molecule is CCNc1nc(-c2cccc(OC)c2OC)nc(C)c1Br. The maximum absolute atomic E-state index is 5.45. The summed E-state index contributed by atoms with van der Waals surface area (Å²) in [6, 6.07) is 5.66. The number of anilines is 1. The zero-order chi connectivity index (χ0) is 15.4. The number of hydrogen-bond donors (Lipinski definition) is 1. The number of para-hydroxylation sites is 1. The lowest BCUT2D eigenvalue weighted by Crippen LogP contribution is -2.05. The number of benzene rings is 1. The van der Waals surface area contributed by atoms with Gasteiger partial charge in [0.1, 0.15) is 5.82 Å². The van der Waals surface area contributed by atoms with Crippen LogP contribution in [0.3, 0.4) is 0 Å². The van der Waals surface area contributed by atoms with E-state index in [1.54, 1.807) is 14.2 Å². The first-order valence-electron chi connectivity index (χ1n) is 6.61. The van der Waals surface area contributed by atoms with Gasteiger partial charge in [-0.25, -0.2) is 9.97 Å². The number of halogens is 1. The molecule has 5 nitrogen and oxygen atoms in total. The summed E-state index contributed by atoms with van der Waals surface area (Å²) in [5.74, 6) is 2.65.